The van der Waals surface area contributed by atoms with Gasteiger partial charge in [-0.05, 0) is 81.4 Å². The summed E-state index contributed by atoms with van der Waals surface area (Å²) < 4.78 is 5.26. The first-order valence-corrected chi connectivity index (χ1v) is 12.2. The van der Waals surface area contributed by atoms with Crippen molar-refractivity contribution in [3.8, 4) is 5.75 Å². The molecule has 0 bridgehead atoms. The molecule has 4 rings (SSSR count). The molecule has 5 nitrogen and oxygen atoms in total. The molecular weight excluding hydrogens is 398 g/mol. The van der Waals surface area contributed by atoms with Crippen molar-refractivity contribution in [1.82, 2.24) is 15.2 Å². The van der Waals surface area contributed by atoms with Crippen molar-refractivity contribution >= 4 is 5.91 Å². The molecule has 172 valence electrons. The van der Waals surface area contributed by atoms with Crippen LogP contribution in [0.15, 0.2) is 36.4 Å². The van der Waals surface area contributed by atoms with E-state index in [1.54, 1.807) is 7.11 Å². The molecule has 1 aliphatic heterocycles. The molecule has 1 N–H and O–H groups in total. The van der Waals surface area contributed by atoms with Gasteiger partial charge in [0.1, 0.15) is 5.75 Å². The number of aromatic nitrogens is 1. The lowest BCUT2D eigenvalue weighted by molar-refractivity contribution is 0.0940. The smallest absolute Gasteiger partial charge is 0.253 e. The Hall–Kier alpha value is -2.40. The van der Waals surface area contributed by atoms with Crippen molar-refractivity contribution in [2.24, 2.45) is 5.92 Å². The van der Waals surface area contributed by atoms with E-state index in [9.17, 15) is 4.79 Å². The molecule has 0 radical (unpaired) electrons. The Morgan fingerprint density at radius 2 is 1.75 bits per heavy atom. The zero-order valence-electron chi connectivity index (χ0n) is 19.6. The lowest BCUT2D eigenvalue weighted by Crippen LogP contribution is -2.35. The second-order valence-corrected chi connectivity index (χ2v) is 9.50. The summed E-state index contributed by atoms with van der Waals surface area (Å²) >= 11 is 0. The maximum atomic E-state index is 13.0. The van der Waals surface area contributed by atoms with Crippen LogP contribution in [0.1, 0.15) is 78.2 Å². The van der Waals surface area contributed by atoms with Gasteiger partial charge in [0.25, 0.3) is 5.91 Å². The molecule has 2 fully saturated rings. The van der Waals surface area contributed by atoms with Gasteiger partial charge in [-0.1, -0.05) is 31.4 Å². The quantitative estimate of drug-likeness (QED) is 0.658. The number of piperidine rings is 1. The Morgan fingerprint density at radius 1 is 1.03 bits per heavy atom. The maximum Gasteiger partial charge on any atom is 0.253 e. The van der Waals surface area contributed by atoms with E-state index in [2.05, 4.69) is 22.3 Å². The van der Waals surface area contributed by atoms with Crippen molar-refractivity contribution < 1.29 is 9.53 Å². The average molecular weight is 436 g/mol. The first kappa shape index (κ1) is 22.8. The van der Waals surface area contributed by atoms with Crippen molar-refractivity contribution in [3.63, 3.8) is 0 Å². The molecule has 1 saturated heterocycles. The molecule has 0 spiro atoms. The molecule has 1 aliphatic carbocycles. The summed E-state index contributed by atoms with van der Waals surface area (Å²) in [6, 6.07) is 12.3. The molecule has 0 atom stereocenters. The predicted octanol–water partition coefficient (Wildman–Crippen LogP) is 5.09. The fraction of sp³-hybridized carbons (Fsp3) is 0.556. The zero-order valence-corrected chi connectivity index (χ0v) is 19.6. The third-order valence-electron chi connectivity index (χ3n) is 7.12. The first-order valence-electron chi connectivity index (χ1n) is 12.2. The van der Waals surface area contributed by atoms with Gasteiger partial charge in [-0.3, -0.25) is 14.7 Å². The van der Waals surface area contributed by atoms with Gasteiger partial charge < -0.3 is 10.1 Å². The Labute approximate surface area is 192 Å². The maximum absolute atomic E-state index is 13.0. The van der Waals surface area contributed by atoms with E-state index in [0.29, 0.717) is 11.8 Å². The molecule has 1 aromatic carbocycles. The lowest BCUT2D eigenvalue weighted by atomic mass is 9.88. The monoisotopic (exact) mass is 435 g/mol. The summed E-state index contributed by atoms with van der Waals surface area (Å²) in [5.74, 6) is 1.93. The summed E-state index contributed by atoms with van der Waals surface area (Å²) in [5, 5.41) is 3.22. The Morgan fingerprint density at radius 3 is 2.44 bits per heavy atom. The minimum atomic E-state index is 0.0544. The lowest BCUT2D eigenvalue weighted by Gasteiger charge is -2.32. The van der Waals surface area contributed by atoms with Crippen molar-refractivity contribution in [3.05, 3.63) is 58.9 Å². The molecule has 5 heteroatoms. The molecule has 1 amide bonds. The molecule has 0 unspecified atom stereocenters. The van der Waals surface area contributed by atoms with Gasteiger partial charge >= 0.3 is 0 Å². The van der Waals surface area contributed by atoms with Gasteiger partial charge in [-0.25, -0.2) is 0 Å². The van der Waals surface area contributed by atoms with E-state index in [1.807, 2.05) is 31.2 Å². The van der Waals surface area contributed by atoms with Crippen molar-refractivity contribution in [1.29, 1.82) is 0 Å². The van der Waals surface area contributed by atoms with Gasteiger partial charge in [0, 0.05) is 24.7 Å². The van der Waals surface area contributed by atoms with E-state index >= 15 is 0 Å². The standard InChI is InChI=1S/C27H37N3O2/c1-20-8-13-25(27(31)28-18-21-6-4-3-5-7-21)26(29-20)23-14-16-30(17-15-23)19-22-9-11-24(32-2)12-10-22/h8-13,21,23H,3-7,14-19H2,1-2H3,(H,28,31). The fourth-order valence-corrected chi connectivity index (χ4v) is 5.16. The third-order valence-corrected chi connectivity index (χ3v) is 7.12. The van der Waals surface area contributed by atoms with E-state index in [-0.39, 0.29) is 5.91 Å². The molecule has 2 aromatic rings. The van der Waals surface area contributed by atoms with Crippen LogP contribution in [0, 0.1) is 12.8 Å². The van der Waals surface area contributed by atoms with Crippen LogP contribution in [0.2, 0.25) is 0 Å². The van der Waals surface area contributed by atoms with Crippen LogP contribution < -0.4 is 10.1 Å². The summed E-state index contributed by atoms with van der Waals surface area (Å²) in [5.41, 5.74) is 4.07. The number of amides is 1. The van der Waals surface area contributed by atoms with Gasteiger partial charge in [-0.15, -0.1) is 0 Å². The second kappa shape index (κ2) is 11.0. The van der Waals surface area contributed by atoms with Gasteiger partial charge in [0.2, 0.25) is 0 Å². The molecule has 1 aromatic heterocycles. The molecule has 2 aliphatic rings. The number of pyridine rings is 1. The van der Waals surface area contributed by atoms with Crippen molar-refractivity contribution in [2.45, 2.75) is 64.3 Å². The SMILES string of the molecule is COc1ccc(CN2CCC(c3nc(C)ccc3C(=O)NCC3CCCCC3)CC2)cc1. The summed E-state index contributed by atoms with van der Waals surface area (Å²) in [6.07, 6.45) is 8.50. The highest BCUT2D eigenvalue weighted by Crippen LogP contribution is 2.30. The van der Waals surface area contributed by atoms with E-state index in [0.717, 1.165) is 61.7 Å². The summed E-state index contributed by atoms with van der Waals surface area (Å²) in [6.45, 7) is 5.82. The van der Waals surface area contributed by atoms with Crippen LogP contribution in [0.3, 0.4) is 0 Å². The zero-order chi connectivity index (χ0) is 22.3. The largest absolute Gasteiger partial charge is 0.497 e. The number of rotatable bonds is 7. The van der Waals surface area contributed by atoms with Gasteiger partial charge in [-0.2, -0.15) is 0 Å². The Kier molecular flexibility index (Phi) is 7.80. The van der Waals surface area contributed by atoms with Crippen molar-refractivity contribution in [2.75, 3.05) is 26.7 Å². The molecule has 1 saturated carbocycles. The normalized spacial score (nSPS) is 18.4. The number of carbonyl (C=O) groups is 1. The summed E-state index contributed by atoms with van der Waals surface area (Å²) in [4.78, 5) is 20.4. The number of nitrogens with zero attached hydrogens (tertiary/aromatic N) is 2. The van der Waals surface area contributed by atoms with Gasteiger partial charge in [0.15, 0.2) is 0 Å². The van der Waals surface area contributed by atoms with Crippen LogP contribution in [-0.4, -0.2) is 42.5 Å². The number of likely N-dealkylation sites (tertiary alicyclic amines) is 1. The predicted molar refractivity (Wildman–Crippen MR) is 128 cm³/mol. The number of ether oxygens (including phenoxy) is 1. The summed E-state index contributed by atoms with van der Waals surface area (Å²) in [7, 11) is 1.70. The van der Waals surface area contributed by atoms with E-state index in [1.165, 1.54) is 37.7 Å². The minimum absolute atomic E-state index is 0.0544. The minimum Gasteiger partial charge on any atom is -0.497 e. The van der Waals surface area contributed by atoms with Crippen LogP contribution in [-0.2, 0) is 6.54 Å². The molecular formula is C27H37N3O2. The number of carbonyl (C=O) groups excluding carboxylic acids is 1. The van der Waals surface area contributed by atoms with Crippen LogP contribution in [0.4, 0.5) is 0 Å². The first-order chi connectivity index (χ1) is 15.6. The number of methoxy groups -OCH3 is 1. The fourth-order valence-electron chi connectivity index (χ4n) is 5.16. The number of hydrogen-bond donors (Lipinski definition) is 1. The highest BCUT2D eigenvalue weighted by Gasteiger charge is 2.26. The number of aryl methyl sites for hydroxylation is 1. The Bertz CT molecular complexity index is 882. The average Bonchev–Trinajstić information content (AvgIpc) is 2.84. The third kappa shape index (κ3) is 5.89. The number of hydrogen-bond acceptors (Lipinski definition) is 4. The number of benzene rings is 1. The topological polar surface area (TPSA) is 54.5 Å². The van der Waals surface area contributed by atoms with Crippen LogP contribution >= 0.6 is 0 Å². The van der Waals surface area contributed by atoms with Crippen LogP contribution in [0.5, 0.6) is 5.75 Å². The Balaban J connectivity index is 1.35. The van der Waals surface area contributed by atoms with Gasteiger partial charge in [0.05, 0.1) is 18.4 Å². The van der Waals surface area contributed by atoms with Crippen LogP contribution in [0.25, 0.3) is 0 Å². The number of nitrogens with one attached hydrogen (secondary N) is 1. The molecule has 2 heterocycles. The van der Waals surface area contributed by atoms with E-state index < -0.39 is 0 Å². The molecule has 32 heavy (non-hydrogen) atoms. The highest BCUT2D eigenvalue weighted by atomic mass is 16.5. The second-order valence-electron chi connectivity index (χ2n) is 9.50. The highest BCUT2D eigenvalue weighted by molar-refractivity contribution is 5.95. The van der Waals surface area contributed by atoms with E-state index in [4.69, 9.17) is 9.72 Å².